The van der Waals surface area contributed by atoms with Crippen molar-refractivity contribution < 1.29 is 4.74 Å². The summed E-state index contributed by atoms with van der Waals surface area (Å²) in [5.41, 5.74) is 10.9. The number of pyridine rings is 1. The number of hydrogen-bond acceptors (Lipinski definition) is 3. The molecule has 21 heavy (non-hydrogen) atoms. The predicted octanol–water partition coefficient (Wildman–Crippen LogP) is 4.85. The molecule has 1 aromatic heterocycles. The van der Waals surface area contributed by atoms with Crippen molar-refractivity contribution in [2.75, 3.05) is 7.11 Å². The molecule has 0 aliphatic rings. The standard InChI is InChI=1S/C16H12N4O/c1-21-14-7-4-11-8-9-18-16(15(11)10-14)12-2-5-13(6-3-12)19-20-17/h2-10H,1H3. The van der Waals surface area contributed by atoms with Gasteiger partial charge in [0.05, 0.1) is 12.8 Å². The molecule has 0 atom stereocenters. The van der Waals surface area contributed by atoms with E-state index < -0.39 is 0 Å². The first-order valence-corrected chi connectivity index (χ1v) is 6.40. The van der Waals surface area contributed by atoms with E-state index in [0.29, 0.717) is 5.69 Å². The number of hydrogen-bond donors (Lipinski definition) is 0. The Kier molecular flexibility index (Phi) is 3.41. The Bertz CT molecular complexity index is 837. The highest BCUT2D eigenvalue weighted by molar-refractivity contribution is 5.95. The summed E-state index contributed by atoms with van der Waals surface area (Å²) in [5, 5.41) is 5.69. The highest BCUT2D eigenvalue weighted by Crippen LogP contribution is 2.30. The molecule has 3 rings (SSSR count). The maximum atomic E-state index is 8.44. The Morgan fingerprint density at radius 2 is 1.90 bits per heavy atom. The van der Waals surface area contributed by atoms with E-state index in [-0.39, 0.29) is 0 Å². The van der Waals surface area contributed by atoms with Crippen molar-refractivity contribution in [2.45, 2.75) is 0 Å². The monoisotopic (exact) mass is 276 g/mol. The van der Waals surface area contributed by atoms with Crippen LogP contribution >= 0.6 is 0 Å². The lowest BCUT2D eigenvalue weighted by Gasteiger charge is -2.08. The zero-order valence-corrected chi connectivity index (χ0v) is 11.4. The maximum absolute atomic E-state index is 8.44. The average molecular weight is 276 g/mol. The van der Waals surface area contributed by atoms with E-state index in [4.69, 9.17) is 10.3 Å². The van der Waals surface area contributed by atoms with Crippen LogP contribution in [-0.2, 0) is 0 Å². The van der Waals surface area contributed by atoms with Crippen molar-refractivity contribution in [3.8, 4) is 17.0 Å². The number of rotatable bonds is 3. The summed E-state index contributed by atoms with van der Waals surface area (Å²) < 4.78 is 5.28. The lowest BCUT2D eigenvalue weighted by atomic mass is 10.0. The zero-order chi connectivity index (χ0) is 14.7. The molecule has 0 spiro atoms. The van der Waals surface area contributed by atoms with E-state index in [0.717, 1.165) is 27.8 Å². The van der Waals surface area contributed by atoms with Crippen molar-refractivity contribution in [1.82, 2.24) is 4.98 Å². The summed E-state index contributed by atoms with van der Waals surface area (Å²) in [4.78, 5) is 7.24. The van der Waals surface area contributed by atoms with Gasteiger partial charge in [-0.25, -0.2) is 0 Å². The number of fused-ring (bicyclic) bond motifs is 1. The second-order valence-corrected chi connectivity index (χ2v) is 4.48. The first-order chi connectivity index (χ1) is 10.3. The molecule has 0 bridgehead atoms. The molecule has 0 saturated carbocycles. The van der Waals surface area contributed by atoms with E-state index >= 15 is 0 Å². The molecule has 5 nitrogen and oxygen atoms in total. The molecule has 1 heterocycles. The number of methoxy groups -OCH3 is 1. The minimum absolute atomic E-state index is 0.582. The largest absolute Gasteiger partial charge is 0.497 e. The van der Waals surface area contributed by atoms with Gasteiger partial charge in [0.25, 0.3) is 0 Å². The molecule has 0 aliphatic carbocycles. The molecule has 0 fully saturated rings. The van der Waals surface area contributed by atoms with Crippen LogP contribution in [0.2, 0.25) is 0 Å². The normalized spacial score (nSPS) is 10.1. The number of azide groups is 1. The van der Waals surface area contributed by atoms with Crippen LogP contribution in [0.15, 0.2) is 59.8 Å². The van der Waals surface area contributed by atoms with Crippen LogP contribution < -0.4 is 4.74 Å². The molecule has 0 unspecified atom stereocenters. The third-order valence-electron chi connectivity index (χ3n) is 3.27. The van der Waals surface area contributed by atoms with Gasteiger partial charge in [-0.15, -0.1) is 0 Å². The number of nitrogens with zero attached hydrogens (tertiary/aromatic N) is 4. The molecule has 102 valence electrons. The molecule has 5 heteroatoms. The highest BCUT2D eigenvalue weighted by atomic mass is 16.5. The van der Waals surface area contributed by atoms with Crippen LogP contribution in [0.3, 0.4) is 0 Å². The Balaban J connectivity index is 2.16. The van der Waals surface area contributed by atoms with Crippen molar-refractivity contribution in [2.24, 2.45) is 5.11 Å². The van der Waals surface area contributed by atoms with Crippen molar-refractivity contribution in [3.05, 3.63) is 65.2 Å². The zero-order valence-electron chi connectivity index (χ0n) is 11.4. The highest BCUT2D eigenvalue weighted by Gasteiger charge is 2.06. The van der Waals surface area contributed by atoms with E-state index in [1.54, 1.807) is 25.4 Å². The maximum Gasteiger partial charge on any atom is 0.119 e. The second-order valence-electron chi connectivity index (χ2n) is 4.48. The Labute approximate surface area is 121 Å². The predicted molar refractivity (Wildman–Crippen MR) is 82.5 cm³/mol. The lowest BCUT2D eigenvalue weighted by molar-refractivity contribution is 0.415. The minimum atomic E-state index is 0.582. The molecule has 0 amide bonds. The first kappa shape index (κ1) is 13.0. The van der Waals surface area contributed by atoms with Crippen LogP contribution in [0.25, 0.3) is 32.5 Å². The van der Waals surface area contributed by atoms with Gasteiger partial charge >= 0.3 is 0 Å². The third-order valence-corrected chi connectivity index (χ3v) is 3.27. The first-order valence-electron chi connectivity index (χ1n) is 6.40. The Morgan fingerprint density at radius 3 is 2.62 bits per heavy atom. The van der Waals surface area contributed by atoms with Crippen LogP contribution in [0.1, 0.15) is 0 Å². The van der Waals surface area contributed by atoms with Gasteiger partial charge in [-0.3, -0.25) is 4.98 Å². The van der Waals surface area contributed by atoms with E-state index in [1.807, 2.05) is 36.4 Å². The van der Waals surface area contributed by atoms with Crippen molar-refractivity contribution in [3.63, 3.8) is 0 Å². The second kappa shape index (κ2) is 5.53. The van der Waals surface area contributed by atoms with Crippen LogP contribution in [0, 0.1) is 0 Å². The number of benzene rings is 2. The third kappa shape index (κ3) is 2.50. The fourth-order valence-corrected chi connectivity index (χ4v) is 2.24. The van der Waals surface area contributed by atoms with Gasteiger partial charge in [0.2, 0.25) is 0 Å². The fraction of sp³-hybridized carbons (Fsp3) is 0.0625. The Morgan fingerprint density at radius 1 is 1.10 bits per heavy atom. The van der Waals surface area contributed by atoms with Crippen LogP contribution in [0.4, 0.5) is 5.69 Å². The SMILES string of the molecule is COc1ccc2ccnc(-c3ccc(N=[N+]=[N-])cc3)c2c1. The number of ether oxygens (including phenoxy) is 1. The van der Waals surface area contributed by atoms with Gasteiger partial charge in [0.1, 0.15) is 5.75 Å². The molecular formula is C16H12N4O. The summed E-state index contributed by atoms with van der Waals surface area (Å²) in [6.07, 6.45) is 1.78. The molecule has 0 N–H and O–H groups in total. The number of aromatic nitrogens is 1. The van der Waals surface area contributed by atoms with Crippen LogP contribution in [-0.4, -0.2) is 12.1 Å². The molecule has 2 aromatic carbocycles. The van der Waals surface area contributed by atoms with E-state index in [1.165, 1.54) is 0 Å². The smallest absolute Gasteiger partial charge is 0.119 e. The van der Waals surface area contributed by atoms with Gasteiger partial charge in [-0.05, 0) is 29.1 Å². The summed E-state index contributed by atoms with van der Waals surface area (Å²) in [5.74, 6) is 0.794. The average Bonchev–Trinajstić information content (AvgIpc) is 2.55. The van der Waals surface area contributed by atoms with Crippen molar-refractivity contribution in [1.29, 1.82) is 0 Å². The minimum Gasteiger partial charge on any atom is -0.497 e. The summed E-state index contributed by atoms with van der Waals surface area (Å²) >= 11 is 0. The Hall–Kier alpha value is -3.04. The van der Waals surface area contributed by atoms with Crippen LogP contribution in [0.5, 0.6) is 5.75 Å². The molecule has 0 radical (unpaired) electrons. The summed E-state index contributed by atoms with van der Waals surface area (Å²) in [7, 11) is 1.64. The molecular weight excluding hydrogens is 264 g/mol. The lowest BCUT2D eigenvalue weighted by Crippen LogP contribution is -1.88. The fourth-order valence-electron chi connectivity index (χ4n) is 2.24. The summed E-state index contributed by atoms with van der Waals surface area (Å²) in [6, 6.07) is 15.2. The van der Waals surface area contributed by atoms with Crippen molar-refractivity contribution >= 4 is 16.5 Å². The molecule has 0 saturated heterocycles. The van der Waals surface area contributed by atoms with Gasteiger partial charge in [-0.2, -0.15) is 0 Å². The quantitative estimate of drug-likeness (QED) is 0.389. The molecule has 0 aliphatic heterocycles. The van der Waals surface area contributed by atoms with E-state index in [9.17, 15) is 0 Å². The topological polar surface area (TPSA) is 70.9 Å². The van der Waals surface area contributed by atoms with E-state index in [2.05, 4.69) is 15.0 Å². The van der Waals surface area contributed by atoms with Gasteiger partial charge < -0.3 is 4.74 Å². The van der Waals surface area contributed by atoms with Gasteiger partial charge in [0, 0.05) is 27.7 Å². The molecule has 3 aromatic rings. The summed E-state index contributed by atoms with van der Waals surface area (Å²) in [6.45, 7) is 0. The van der Waals surface area contributed by atoms with Gasteiger partial charge in [-0.1, -0.05) is 35.4 Å². The van der Waals surface area contributed by atoms with Gasteiger partial charge in [0.15, 0.2) is 0 Å².